The van der Waals surface area contributed by atoms with Gasteiger partial charge in [-0.1, -0.05) is 135 Å². The Balaban J connectivity index is 1.95. The molecule has 4 rings (SSSR count). The van der Waals surface area contributed by atoms with Crippen molar-refractivity contribution in [3.05, 3.63) is 121 Å². The van der Waals surface area contributed by atoms with E-state index < -0.39 is 26.0 Å². The number of rotatable bonds is 10. The molecule has 35 heavy (non-hydrogen) atoms. The van der Waals surface area contributed by atoms with Gasteiger partial charge in [-0.15, -0.1) is 0 Å². The second-order valence-electron chi connectivity index (χ2n) is 8.85. The highest BCUT2D eigenvalue weighted by Gasteiger charge is 2.45. The summed E-state index contributed by atoms with van der Waals surface area (Å²) in [6, 6.07) is 37.7. The molecule has 0 heterocycles. The van der Waals surface area contributed by atoms with Crippen LogP contribution in [0.3, 0.4) is 0 Å². The summed E-state index contributed by atoms with van der Waals surface area (Å²) < 4.78 is 30.3. The minimum Gasteiger partial charge on any atom is -0.392 e. The van der Waals surface area contributed by atoms with E-state index in [0.717, 1.165) is 6.42 Å². The van der Waals surface area contributed by atoms with E-state index in [4.69, 9.17) is 0 Å². The van der Waals surface area contributed by atoms with Crippen molar-refractivity contribution in [3.63, 3.8) is 0 Å². The number of benzene rings is 4. The van der Waals surface area contributed by atoms with Crippen LogP contribution in [-0.4, -0.2) is 23.0 Å². The lowest BCUT2D eigenvalue weighted by molar-refractivity contribution is 0.162. The molecule has 0 radical (unpaired) electrons. The van der Waals surface area contributed by atoms with Crippen molar-refractivity contribution in [1.29, 1.82) is 0 Å². The molecular formula is C30H32O3P2. The molecule has 0 unspecified atom stereocenters. The van der Waals surface area contributed by atoms with Gasteiger partial charge < -0.3 is 14.2 Å². The standard InChI is InChI=1S/C30H32O3P2/c1-2-15-29(31)30(35(33,27-20-11-5-12-21-27)28-22-13-6-14-23-28)24-34(32,25-16-7-3-8-17-25)26-18-9-4-10-19-26/h3-14,16-23,29-31H,2,15,24H2,1H3/t29-,30+/m1/s1. The van der Waals surface area contributed by atoms with Crippen molar-refractivity contribution in [2.45, 2.75) is 31.5 Å². The third-order valence-corrected chi connectivity index (χ3v) is 13.6. The molecule has 0 fully saturated rings. The predicted molar refractivity (Wildman–Crippen MR) is 149 cm³/mol. The summed E-state index contributed by atoms with van der Waals surface area (Å²) in [4.78, 5) is 0. The number of hydrogen-bond donors (Lipinski definition) is 1. The zero-order valence-corrected chi connectivity index (χ0v) is 21.8. The van der Waals surface area contributed by atoms with E-state index in [1.54, 1.807) is 0 Å². The Kier molecular flexibility index (Phi) is 8.24. The monoisotopic (exact) mass is 502 g/mol. The van der Waals surface area contributed by atoms with Gasteiger partial charge in [0.25, 0.3) is 0 Å². The van der Waals surface area contributed by atoms with E-state index in [0.29, 0.717) is 27.6 Å². The van der Waals surface area contributed by atoms with Gasteiger partial charge in [-0.25, -0.2) is 0 Å². The number of aliphatic hydroxyl groups is 1. The first-order chi connectivity index (χ1) is 17.0. The van der Waals surface area contributed by atoms with Crippen molar-refractivity contribution in [1.82, 2.24) is 0 Å². The summed E-state index contributed by atoms with van der Waals surface area (Å²) in [5.74, 6) is 0. The molecule has 0 bridgehead atoms. The minimum atomic E-state index is -3.38. The van der Waals surface area contributed by atoms with Crippen LogP contribution in [-0.2, 0) is 9.13 Å². The molecule has 0 aliphatic rings. The van der Waals surface area contributed by atoms with Crippen LogP contribution in [0.1, 0.15) is 19.8 Å². The summed E-state index contributed by atoms with van der Waals surface area (Å²) in [6.07, 6.45) is 0.468. The van der Waals surface area contributed by atoms with Gasteiger partial charge >= 0.3 is 0 Å². The van der Waals surface area contributed by atoms with Crippen LogP contribution in [0.25, 0.3) is 0 Å². The van der Waals surface area contributed by atoms with Crippen LogP contribution in [0.15, 0.2) is 121 Å². The topological polar surface area (TPSA) is 54.4 Å². The molecule has 2 atom stereocenters. The fourth-order valence-electron chi connectivity index (χ4n) is 4.76. The molecule has 4 aromatic carbocycles. The molecule has 0 saturated heterocycles. The Morgan fingerprint density at radius 1 is 0.600 bits per heavy atom. The highest BCUT2D eigenvalue weighted by atomic mass is 31.2. The first kappa shape index (κ1) is 25.4. The Hall–Kier alpha value is -2.70. The van der Waals surface area contributed by atoms with E-state index in [-0.39, 0.29) is 6.16 Å². The van der Waals surface area contributed by atoms with Gasteiger partial charge in [0.2, 0.25) is 0 Å². The minimum absolute atomic E-state index is 0.114. The highest BCUT2D eigenvalue weighted by Crippen LogP contribution is 2.57. The van der Waals surface area contributed by atoms with Crippen LogP contribution in [0.2, 0.25) is 0 Å². The van der Waals surface area contributed by atoms with Crippen LogP contribution in [0.4, 0.5) is 0 Å². The molecule has 0 amide bonds. The van der Waals surface area contributed by atoms with Gasteiger partial charge in [0, 0.05) is 27.4 Å². The second kappa shape index (κ2) is 11.4. The van der Waals surface area contributed by atoms with Gasteiger partial charge in [0.15, 0.2) is 0 Å². The van der Waals surface area contributed by atoms with E-state index in [2.05, 4.69) is 0 Å². The van der Waals surface area contributed by atoms with Crippen molar-refractivity contribution >= 4 is 35.5 Å². The van der Waals surface area contributed by atoms with Crippen LogP contribution >= 0.6 is 14.3 Å². The summed E-state index contributed by atoms with van der Waals surface area (Å²) in [5.41, 5.74) is -0.710. The molecule has 0 saturated carbocycles. The molecule has 4 aromatic rings. The third kappa shape index (κ3) is 5.29. The molecule has 5 heteroatoms. The third-order valence-electron chi connectivity index (χ3n) is 6.57. The number of aliphatic hydroxyl groups excluding tert-OH is 1. The maximum Gasteiger partial charge on any atom is 0.149 e. The fourth-order valence-corrected chi connectivity index (χ4v) is 12.1. The molecule has 0 aromatic heterocycles. The zero-order valence-electron chi connectivity index (χ0n) is 20.0. The zero-order chi connectivity index (χ0) is 24.7. The molecule has 0 aliphatic heterocycles. The Labute approximate surface area is 208 Å². The maximum atomic E-state index is 15.3. The Morgan fingerprint density at radius 3 is 1.29 bits per heavy atom. The maximum absolute atomic E-state index is 15.3. The van der Waals surface area contributed by atoms with Gasteiger partial charge in [0.1, 0.15) is 14.3 Å². The van der Waals surface area contributed by atoms with Crippen LogP contribution in [0.5, 0.6) is 0 Å². The second-order valence-corrected chi connectivity index (χ2v) is 14.7. The lowest BCUT2D eigenvalue weighted by atomic mass is 10.1. The molecule has 0 aliphatic carbocycles. The first-order valence-electron chi connectivity index (χ1n) is 12.1. The van der Waals surface area contributed by atoms with Crippen LogP contribution in [0, 0.1) is 0 Å². The lowest BCUT2D eigenvalue weighted by Crippen LogP contribution is -2.39. The predicted octanol–water partition coefficient (Wildman–Crippen LogP) is 5.54. The molecule has 1 N–H and O–H groups in total. The lowest BCUT2D eigenvalue weighted by Gasteiger charge is -2.35. The number of hydrogen-bond acceptors (Lipinski definition) is 3. The van der Waals surface area contributed by atoms with Crippen molar-refractivity contribution in [2.75, 3.05) is 6.16 Å². The van der Waals surface area contributed by atoms with Gasteiger partial charge in [-0.05, 0) is 6.42 Å². The smallest absolute Gasteiger partial charge is 0.149 e. The largest absolute Gasteiger partial charge is 0.392 e. The molecule has 180 valence electrons. The van der Waals surface area contributed by atoms with Crippen molar-refractivity contribution < 1.29 is 14.2 Å². The first-order valence-corrected chi connectivity index (χ1v) is 15.8. The van der Waals surface area contributed by atoms with Gasteiger partial charge in [-0.2, -0.15) is 0 Å². The van der Waals surface area contributed by atoms with E-state index in [1.165, 1.54) is 0 Å². The van der Waals surface area contributed by atoms with E-state index >= 15 is 9.13 Å². The highest BCUT2D eigenvalue weighted by molar-refractivity contribution is 7.82. The van der Waals surface area contributed by atoms with E-state index in [1.807, 2.05) is 128 Å². The van der Waals surface area contributed by atoms with Crippen molar-refractivity contribution in [2.24, 2.45) is 0 Å². The molecule has 0 spiro atoms. The Morgan fingerprint density at radius 2 is 0.943 bits per heavy atom. The fraction of sp³-hybridized carbons (Fsp3) is 0.200. The van der Waals surface area contributed by atoms with Crippen LogP contribution < -0.4 is 21.2 Å². The summed E-state index contributed by atoms with van der Waals surface area (Å²) in [5, 5.41) is 14.3. The van der Waals surface area contributed by atoms with E-state index in [9.17, 15) is 5.11 Å². The quantitative estimate of drug-likeness (QED) is 0.290. The average molecular weight is 503 g/mol. The summed E-state index contributed by atoms with van der Waals surface area (Å²) in [6.45, 7) is 2.00. The van der Waals surface area contributed by atoms with Gasteiger partial charge in [0.05, 0.1) is 11.8 Å². The summed E-state index contributed by atoms with van der Waals surface area (Å²) >= 11 is 0. The Bertz CT molecular complexity index is 1210. The summed E-state index contributed by atoms with van der Waals surface area (Å²) in [7, 11) is -6.61. The molecular weight excluding hydrogens is 470 g/mol. The normalized spacial score (nSPS) is 13.8. The molecule has 3 nitrogen and oxygen atoms in total. The van der Waals surface area contributed by atoms with Gasteiger partial charge in [-0.3, -0.25) is 0 Å². The SMILES string of the molecule is CCC[C@@H](O)[C@H](CP(=O)(c1ccccc1)c1ccccc1)P(=O)(c1ccccc1)c1ccccc1. The average Bonchev–Trinajstić information content (AvgIpc) is 2.93. The van der Waals surface area contributed by atoms with Crippen molar-refractivity contribution in [3.8, 4) is 0 Å².